The van der Waals surface area contributed by atoms with E-state index in [1.165, 1.54) is 10.9 Å². The Kier molecular flexibility index (Phi) is 4.32. The van der Waals surface area contributed by atoms with E-state index in [4.69, 9.17) is 4.74 Å². The van der Waals surface area contributed by atoms with Crippen LogP contribution in [0.25, 0.3) is 10.9 Å². The molecule has 2 aromatic heterocycles. The summed E-state index contributed by atoms with van der Waals surface area (Å²) in [5.74, 6) is 1.81. The number of benzene rings is 2. The number of aromatic nitrogens is 2. The lowest BCUT2D eigenvalue weighted by molar-refractivity contribution is -0.361. The largest absolute Gasteiger partial charge is 0.497 e. The molecular formula is C22H22N3O+. The van der Waals surface area contributed by atoms with Gasteiger partial charge in [0, 0.05) is 33.8 Å². The van der Waals surface area contributed by atoms with Gasteiger partial charge in [-0.25, -0.2) is 4.98 Å². The predicted octanol–water partition coefficient (Wildman–Crippen LogP) is 4.50. The zero-order chi connectivity index (χ0) is 17.9. The van der Waals surface area contributed by atoms with Crippen molar-refractivity contribution in [1.82, 2.24) is 4.98 Å². The van der Waals surface area contributed by atoms with E-state index in [1.807, 2.05) is 36.5 Å². The van der Waals surface area contributed by atoms with Crippen LogP contribution >= 0.6 is 0 Å². The number of pyridine rings is 1. The maximum absolute atomic E-state index is 5.45. The van der Waals surface area contributed by atoms with E-state index in [9.17, 15) is 0 Å². The highest BCUT2D eigenvalue weighted by molar-refractivity contribution is 5.86. The minimum atomic E-state index is -0.0140. The van der Waals surface area contributed by atoms with Gasteiger partial charge in [0.05, 0.1) is 13.3 Å². The SMILES string of the molecule is COc1cccc([C@@H](Nc2cccc[nH+]2)c2c(C)[nH]c3ccccc23)c1. The van der Waals surface area contributed by atoms with Gasteiger partial charge in [0.1, 0.15) is 11.8 Å². The van der Waals surface area contributed by atoms with Crippen molar-refractivity contribution in [3.05, 3.63) is 89.7 Å². The molecule has 0 fully saturated rings. The summed E-state index contributed by atoms with van der Waals surface area (Å²) in [5, 5.41) is 4.87. The average Bonchev–Trinajstić information content (AvgIpc) is 3.02. The van der Waals surface area contributed by atoms with Gasteiger partial charge < -0.3 is 9.72 Å². The number of nitrogens with one attached hydrogen (secondary N) is 3. The number of hydrogen-bond acceptors (Lipinski definition) is 2. The molecule has 4 aromatic rings. The van der Waals surface area contributed by atoms with E-state index >= 15 is 0 Å². The Hall–Kier alpha value is -3.27. The number of anilines is 1. The normalized spacial score (nSPS) is 12.1. The molecule has 0 aliphatic rings. The van der Waals surface area contributed by atoms with Gasteiger partial charge in [0.2, 0.25) is 0 Å². The molecule has 2 aromatic carbocycles. The van der Waals surface area contributed by atoms with E-state index in [-0.39, 0.29) is 6.04 Å². The highest BCUT2D eigenvalue weighted by Crippen LogP contribution is 2.34. The summed E-state index contributed by atoms with van der Waals surface area (Å²) in [6, 6.07) is 22.6. The van der Waals surface area contributed by atoms with Crippen LogP contribution in [0.4, 0.5) is 5.82 Å². The molecule has 26 heavy (non-hydrogen) atoms. The van der Waals surface area contributed by atoms with Crippen molar-refractivity contribution >= 4 is 16.7 Å². The zero-order valence-corrected chi connectivity index (χ0v) is 14.9. The number of rotatable bonds is 5. The minimum absolute atomic E-state index is 0.0140. The number of aryl methyl sites for hydroxylation is 1. The minimum Gasteiger partial charge on any atom is -0.497 e. The Morgan fingerprint density at radius 3 is 2.65 bits per heavy atom. The third-order valence-electron chi connectivity index (χ3n) is 4.67. The maximum Gasteiger partial charge on any atom is 0.272 e. The Bertz CT molecular complexity index is 1020. The molecule has 0 saturated carbocycles. The fourth-order valence-corrected chi connectivity index (χ4v) is 3.45. The number of fused-ring (bicyclic) bond motifs is 1. The number of H-pyrrole nitrogens is 2. The van der Waals surface area contributed by atoms with Crippen LogP contribution in [0.1, 0.15) is 22.9 Å². The molecule has 4 heteroatoms. The second-order valence-electron chi connectivity index (χ2n) is 6.34. The molecule has 0 saturated heterocycles. The van der Waals surface area contributed by atoms with Gasteiger partial charge in [-0.3, -0.25) is 5.32 Å². The fraction of sp³-hybridized carbons (Fsp3) is 0.136. The smallest absolute Gasteiger partial charge is 0.272 e. The lowest BCUT2D eigenvalue weighted by atomic mass is 9.95. The van der Waals surface area contributed by atoms with Gasteiger partial charge in [-0.15, -0.1) is 0 Å². The van der Waals surface area contributed by atoms with E-state index in [2.05, 4.69) is 58.6 Å². The molecule has 0 aliphatic carbocycles. The van der Waals surface area contributed by atoms with Crippen LogP contribution in [0.5, 0.6) is 5.75 Å². The zero-order valence-electron chi connectivity index (χ0n) is 14.9. The van der Waals surface area contributed by atoms with Crippen LogP contribution < -0.4 is 15.0 Å². The molecule has 0 amide bonds. The highest BCUT2D eigenvalue weighted by atomic mass is 16.5. The van der Waals surface area contributed by atoms with Crippen LogP contribution in [-0.4, -0.2) is 12.1 Å². The quantitative estimate of drug-likeness (QED) is 0.560. The lowest BCUT2D eigenvalue weighted by Crippen LogP contribution is -2.19. The monoisotopic (exact) mass is 344 g/mol. The standard InChI is InChI=1S/C22H21N3O/c1-15-21(18-10-3-4-11-19(18)24-15)22(25-20-12-5-6-13-23-20)16-8-7-9-17(14-16)26-2/h3-14,22,24H,1-2H3,(H,23,25)/p+1/t22-/m1/s1. The summed E-state index contributed by atoms with van der Waals surface area (Å²) in [4.78, 5) is 6.78. The molecule has 3 N–H and O–H groups in total. The Morgan fingerprint density at radius 1 is 1.00 bits per heavy atom. The van der Waals surface area contributed by atoms with E-state index in [0.717, 1.165) is 28.3 Å². The van der Waals surface area contributed by atoms with E-state index in [0.29, 0.717) is 0 Å². The van der Waals surface area contributed by atoms with E-state index < -0.39 is 0 Å². The number of ether oxygens (including phenoxy) is 1. The Morgan fingerprint density at radius 2 is 1.85 bits per heavy atom. The van der Waals surface area contributed by atoms with E-state index in [1.54, 1.807) is 7.11 Å². The van der Waals surface area contributed by atoms with Gasteiger partial charge in [-0.05, 0) is 31.2 Å². The first kappa shape index (κ1) is 16.2. The van der Waals surface area contributed by atoms with Crippen LogP contribution in [0.2, 0.25) is 0 Å². The second-order valence-corrected chi connectivity index (χ2v) is 6.34. The number of hydrogen-bond donors (Lipinski definition) is 2. The van der Waals surface area contributed by atoms with Crippen molar-refractivity contribution in [3.8, 4) is 5.75 Å². The Balaban J connectivity index is 1.88. The van der Waals surface area contributed by atoms with Gasteiger partial charge >= 0.3 is 0 Å². The van der Waals surface area contributed by atoms with Gasteiger partial charge in [-0.2, -0.15) is 0 Å². The molecule has 0 unspecified atom stereocenters. The summed E-state index contributed by atoms with van der Waals surface area (Å²) in [5.41, 5.74) is 4.69. The van der Waals surface area contributed by atoms with Crippen LogP contribution in [0.15, 0.2) is 72.9 Å². The summed E-state index contributed by atoms with van der Waals surface area (Å²) >= 11 is 0. The van der Waals surface area contributed by atoms with Crippen LogP contribution in [0, 0.1) is 6.92 Å². The molecule has 2 heterocycles. The first-order valence-corrected chi connectivity index (χ1v) is 8.70. The second kappa shape index (κ2) is 6.92. The van der Waals surface area contributed by atoms with Crippen molar-refractivity contribution in [2.24, 2.45) is 0 Å². The molecule has 4 rings (SSSR count). The van der Waals surface area contributed by atoms with Gasteiger partial charge in [-0.1, -0.05) is 36.4 Å². The summed E-state index contributed by atoms with van der Waals surface area (Å²) in [7, 11) is 1.70. The summed E-state index contributed by atoms with van der Waals surface area (Å²) < 4.78 is 5.45. The molecule has 0 bridgehead atoms. The van der Waals surface area contributed by atoms with Crippen LogP contribution in [0.3, 0.4) is 0 Å². The number of aromatic amines is 2. The van der Waals surface area contributed by atoms with Crippen molar-refractivity contribution in [2.45, 2.75) is 13.0 Å². The number of para-hydroxylation sites is 1. The van der Waals surface area contributed by atoms with Crippen LogP contribution in [-0.2, 0) is 0 Å². The third-order valence-corrected chi connectivity index (χ3v) is 4.67. The lowest BCUT2D eigenvalue weighted by Gasteiger charge is -2.17. The molecule has 0 aliphatic heterocycles. The predicted molar refractivity (Wildman–Crippen MR) is 104 cm³/mol. The van der Waals surface area contributed by atoms with Crippen molar-refractivity contribution in [1.29, 1.82) is 0 Å². The van der Waals surface area contributed by atoms with Gasteiger partial charge in [0.25, 0.3) is 5.82 Å². The van der Waals surface area contributed by atoms with Crippen molar-refractivity contribution in [2.75, 3.05) is 12.4 Å². The van der Waals surface area contributed by atoms with Crippen molar-refractivity contribution < 1.29 is 9.72 Å². The molecule has 4 nitrogen and oxygen atoms in total. The molecule has 1 atom stereocenters. The fourth-order valence-electron chi connectivity index (χ4n) is 3.45. The number of methoxy groups -OCH3 is 1. The molecule has 130 valence electrons. The first-order chi connectivity index (χ1) is 12.8. The first-order valence-electron chi connectivity index (χ1n) is 8.70. The topological polar surface area (TPSA) is 51.2 Å². The summed E-state index contributed by atoms with van der Waals surface area (Å²) in [6.45, 7) is 2.12. The maximum atomic E-state index is 5.45. The average molecular weight is 344 g/mol. The van der Waals surface area contributed by atoms with Gasteiger partial charge in [0.15, 0.2) is 0 Å². The molecular weight excluding hydrogens is 322 g/mol. The third kappa shape index (κ3) is 3.02. The highest BCUT2D eigenvalue weighted by Gasteiger charge is 2.25. The Labute approximate surface area is 152 Å². The molecule has 0 radical (unpaired) electrons. The molecule has 0 spiro atoms. The summed E-state index contributed by atoms with van der Waals surface area (Å²) in [6.07, 6.45) is 1.92. The van der Waals surface area contributed by atoms with Crippen molar-refractivity contribution in [3.63, 3.8) is 0 Å².